The highest BCUT2D eigenvalue weighted by molar-refractivity contribution is 5.76. The molecule has 0 radical (unpaired) electrons. The molecule has 6 heteroatoms. The fourth-order valence-corrected chi connectivity index (χ4v) is 0.663. The van der Waals surface area contributed by atoms with Crippen molar-refractivity contribution in [3.8, 4) is 0 Å². The third-order valence-corrected chi connectivity index (χ3v) is 1.17. The summed E-state index contributed by atoms with van der Waals surface area (Å²) in [6.45, 7) is 2.00. The first-order valence-corrected chi connectivity index (χ1v) is 3.33. The van der Waals surface area contributed by atoms with Crippen molar-refractivity contribution in [1.82, 2.24) is 10.5 Å². The SMILES string of the molecule is Cc1cnc(CN=C(N)NO)o1. The topological polar surface area (TPSA) is 96.7 Å². The van der Waals surface area contributed by atoms with Crippen molar-refractivity contribution in [2.45, 2.75) is 13.5 Å². The Morgan fingerprint density at radius 2 is 2.67 bits per heavy atom. The second kappa shape index (κ2) is 3.72. The number of nitrogens with two attached hydrogens (primary N) is 1. The Bertz CT molecular complexity index is 281. The summed E-state index contributed by atoms with van der Waals surface area (Å²) in [4.78, 5) is 7.59. The van der Waals surface area contributed by atoms with Gasteiger partial charge in [-0.05, 0) is 6.92 Å². The predicted molar refractivity (Wildman–Crippen MR) is 41.5 cm³/mol. The zero-order valence-corrected chi connectivity index (χ0v) is 6.61. The van der Waals surface area contributed by atoms with Gasteiger partial charge < -0.3 is 10.2 Å². The Labute approximate surface area is 69.1 Å². The fraction of sp³-hybridized carbons (Fsp3) is 0.333. The van der Waals surface area contributed by atoms with Crippen LogP contribution in [-0.4, -0.2) is 16.2 Å². The minimum Gasteiger partial charge on any atom is -0.444 e. The van der Waals surface area contributed by atoms with Crippen LogP contribution in [0, 0.1) is 6.92 Å². The fourth-order valence-electron chi connectivity index (χ4n) is 0.663. The van der Waals surface area contributed by atoms with Gasteiger partial charge in [-0.3, -0.25) is 5.21 Å². The van der Waals surface area contributed by atoms with Crippen molar-refractivity contribution in [2.24, 2.45) is 10.7 Å². The molecule has 0 aliphatic heterocycles. The van der Waals surface area contributed by atoms with Gasteiger partial charge in [0.15, 0.2) is 0 Å². The van der Waals surface area contributed by atoms with E-state index in [4.69, 9.17) is 15.4 Å². The van der Waals surface area contributed by atoms with Crippen LogP contribution >= 0.6 is 0 Å². The van der Waals surface area contributed by atoms with Gasteiger partial charge in [0.25, 0.3) is 0 Å². The van der Waals surface area contributed by atoms with Crippen molar-refractivity contribution < 1.29 is 9.62 Å². The van der Waals surface area contributed by atoms with Crippen molar-refractivity contribution in [3.05, 3.63) is 17.8 Å². The van der Waals surface area contributed by atoms with E-state index in [0.29, 0.717) is 5.89 Å². The maximum atomic E-state index is 8.26. The van der Waals surface area contributed by atoms with E-state index in [9.17, 15) is 0 Å². The van der Waals surface area contributed by atoms with Crippen LogP contribution in [-0.2, 0) is 6.54 Å². The van der Waals surface area contributed by atoms with Gasteiger partial charge in [-0.25, -0.2) is 15.5 Å². The number of nitrogens with zero attached hydrogens (tertiary/aromatic N) is 2. The summed E-state index contributed by atoms with van der Waals surface area (Å²) in [6, 6.07) is 0. The Morgan fingerprint density at radius 1 is 1.92 bits per heavy atom. The third kappa shape index (κ3) is 2.24. The van der Waals surface area contributed by atoms with Crippen LogP contribution in [0.25, 0.3) is 0 Å². The Morgan fingerprint density at radius 3 is 3.17 bits per heavy atom. The number of guanidine groups is 1. The Hall–Kier alpha value is -1.56. The molecule has 0 saturated heterocycles. The average Bonchev–Trinajstić information content (AvgIpc) is 2.47. The van der Waals surface area contributed by atoms with Crippen LogP contribution < -0.4 is 11.2 Å². The second-order valence-electron chi connectivity index (χ2n) is 2.18. The Kier molecular flexibility index (Phi) is 2.65. The van der Waals surface area contributed by atoms with Crippen LogP contribution in [0.4, 0.5) is 0 Å². The number of hydrogen-bond acceptors (Lipinski definition) is 4. The molecule has 0 atom stereocenters. The van der Waals surface area contributed by atoms with Gasteiger partial charge in [-0.1, -0.05) is 0 Å². The van der Waals surface area contributed by atoms with E-state index in [1.165, 1.54) is 0 Å². The average molecular weight is 170 g/mol. The van der Waals surface area contributed by atoms with E-state index < -0.39 is 0 Å². The number of aryl methyl sites for hydroxylation is 1. The molecule has 0 unspecified atom stereocenters. The molecule has 1 aromatic heterocycles. The number of hydroxylamine groups is 1. The predicted octanol–water partition coefficient (Wildman–Crippen LogP) is -0.223. The van der Waals surface area contributed by atoms with Gasteiger partial charge in [0.05, 0.1) is 6.20 Å². The van der Waals surface area contributed by atoms with Crippen LogP contribution in [0.3, 0.4) is 0 Å². The first-order valence-electron chi connectivity index (χ1n) is 3.33. The van der Waals surface area contributed by atoms with Crippen molar-refractivity contribution >= 4 is 5.96 Å². The maximum absolute atomic E-state index is 8.26. The van der Waals surface area contributed by atoms with Crippen molar-refractivity contribution in [1.29, 1.82) is 0 Å². The lowest BCUT2D eigenvalue weighted by Gasteiger charge is -1.94. The minimum absolute atomic E-state index is 0.0640. The van der Waals surface area contributed by atoms with Crippen molar-refractivity contribution in [2.75, 3.05) is 0 Å². The van der Waals surface area contributed by atoms with E-state index >= 15 is 0 Å². The molecule has 1 heterocycles. The molecular weight excluding hydrogens is 160 g/mol. The minimum atomic E-state index is -0.0640. The smallest absolute Gasteiger partial charge is 0.216 e. The van der Waals surface area contributed by atoms with Gasteiger partial charge >= 0.3 is 0 Å². The van der Waals surface area contributed by atoms with Crippen LogP contribution in [0.5, 0.6) is 0 Å². The van der Waals surface area contributed by atoms with E-state index in [-0.39, 0.29) is 12.5 Å². The van der Waals surface area contributed by atoms with E-state index in [2.05, 4.69) is 9.98 Å². The van der Waals surface area contributed by atoms with Gasteiger partial charge in [0.2, 0.25) is 11.9 Å². The molecule has 0 aliphatic rings. The lowest BCUT2D eigenvalue weighted by Crippen LogP contribution is -2.28. The molecule has 0 aliphatic carbocycles. The molecular formula is C6H10N4O2. The molecule has 0 aromatic carbocycles. The molecule has 0 bridgehead atoms. The molecule has 12 heavy (non-hydrogen) atoms. The summed E-state index contributed by atoms with van der Waals surface area (Å²) in [7, 11) is 0. The largest absolute Gasteiger partial charge is 0.444 e. The zero-order chi connectivity index (χ0) is 8.97. The monoisotopic (exact) mass is 170 g/mol. The molecule has 1 aromatic rings. The second-order valence-corrected chi connectivity index (χ2v) is 2.18. The molecule has 0 saturated carbocycles. The summed E-state index contributed by atoms with van der Waals surface area (Å²) < 4.78 is 5.10. The highest BCUT2D eigenvalue weighted by atomic mass is 16.5. The number of rotatable bonds is 2. The number of nitrogens with one attached hydrogen (secondary N) is 1. The molecule has 0 spiro atoms. The molecule has 6 nitrogen and oxygen atoms in total. The molecule has 66 valence electrons. The summed E-state index contributed by atoms with van der Waals surface area (Å²) in [5.41, 5.74) is 6.85. The standard InChI is InChI=1S/C6H10N4O2/c1-4-2-8-5(12-4)3-9-6(7)10-11/h2,11H,3H2,1H3,(H3,7,9,10). The van der Waals surface area contributed by atoms with Gasteiger partial charge in [0, 0.05) is 0 Å². The molecule has 4 N–H and O–H groups in total. The van der Waals surface area contributed by atoms with E-state index in [1.807, 2.05) is 0 Å². The highest BCUT2D eigenvalue weighted by Crippen LogP contribution is 2.01. The lowest BCUT2D eigenvalue weighted by molar-refractivity contribution is 0.232. The van der Waals surface area contributed by atoms with Crippen molar-refractivity contribution in [3.63, 3.8) is 0 Å². The third-order valence-electron chi connectivity index (χ3n) is 1.17. The number of oxazole rings is 1. The van der Waals surface area contributed by atoms with Gasteiger partial charge in [-0.2, -0.15) is 0 Å². The van der Waals surface area contributed by atoms with Gasteiger partial charge in [0.1, 0.15) is 12.3 Å². The summed E-state index contributed by atoms with van der Waals surface area (Å²) in [5.74, 6) is 1.12. The quantitative estimate of drug-likeness (QED) is 0.324. The van der Waals surface area contributed by atoms with Crippen LogP contribution in [0.15, 0.2) is 15.6 Å². The van der Waals surface area contributed by atoms with E-state index in [0.717, 1.165) is 5.76 Å². The molecule has 0 amide bonds. The van der Waals surface area contributed by atoms with Crippen LogP contribution in [0.1, 0.15) is 11.7 Å². The van der Waals surface area contributed by atoms with Gasteiger partial charge in [-0.15, -0.1) is 0 Å². The number of aromatic nitrogens is 1. The normalized spacial score (nSPS) is 11.7. The Balaban J connectivity index is 2.53. The summed E-state index contributed by atoms with van der Waals surface area (Å²) in [6.07, 6.45) is 1.59. The number of hydrogen-bond donors (Lipinski definition) is 3. The van der Waals surface area contributed by atoms with Crippen LogP contribution in [0.2, 0.25) is 0 Å². The first-order chi connectivity index (χ1) is 5.72. The lowest BCUT2D eigenvalue weighted by atomic mass is 10.6. The zero-order valence-electron chi connectivity index (χ0n) is 6.61. The maximum Gasteiger partial charge on any atom is 0.216 e. The summed E-state index contributed by atoms with van der Waals surface area (Å²) >= 11 is 0. The summed E-state index contributed by atoms with van der Waals surface area (Å²) in [5, 5.41) is 8.26. The first kappa shape index (κ1) is 8.54. The molecule has 1 rings (SSSR count). The van der Waals surface area contributed by atoms with E-state index in [1.54, 1.807) is 18.6 Å². The number of aliphatic imine (C=N–C) groups is 1. The highest BCUT2D eigenvalue weighted by Gasteiger charge is 1.98. The molecule has 0 fully saturated rings.